The zero-order valence-corrected chi connectivity index (χ0v) is 11.5. The fourth-order valence-electron chi connectivity index (χ4n) is 2.97. The molecule has 0 spiro atoms. The van der Waals surface area contributed by atoms with Crippen molar-refractivity contribution < 1.29 is 0 Å². The van der Waals surface area contributed by atoms with Crippen LogP contribution in [0.2, 0.25) is 0 Å². The summed E-state index contributed by atoms with van der Waals surface area (Å²) in [5.41, 5.74) is 6.87. The summed E-state index contributed by atoms with van der Waals surface area (Å²) in [4.78, 5) is 8.15. The molecule has 21 heavy (non-hydrogen) atoms. The molecular formula is C17H14N4. The molecule has 3 aromatic rings. The zero-order valence-electron chi connectivity index (χ0n) is 11.5. The molecule has 4 heteroatoms. The van der Waals surface area contributed by atoms with Gasteiger partial charge in [0.05, 0.1) is 11.4 Å². The van der Waals surface area contributed by atoms with Crippen molar-refractivity contribution in [2.45, 2.75) is 19.3 Å². The number of hydrogen-bond acceptors (Lipinski definition) is 4. The molecule has 0 radical (unpaired) electrons. The highest BCUT2D eigenvalue weighted by Crippen LogP contribution is 2.35. The molecule has 0 saturated heterocycles. The predicted molar refractivity (Wildman–Crippen MR) is 80.5 cm³/mol. The largest absolute Gasteiger partial charge is 0.265 e. The minimum atomic E-state index is 1.00. The number of fused-ring (bicyclic) bond motifs is 1. The van der Waals surface area contributed by atoms with E-state index in [4.69, 9.17) is 0 Å². The van der Waals surface area contributed by atoms with Crippen molar-refractivity contribution in [3.8, 4) is 22.5 Å². The Kier molecular flexibility index (Phi) is 2.92. The van der Waals surface area contributed by atoms with E-state index in [2.05, 4.69) is 20.2 Å². The van der Waals surface area contributed by atoms with Gasteiger partial charge in [-0.05, 0) is 54.7 Å². The van der Waals surface area contributed by atoms with Crippen molar-refractivity contribution in [3.05, 3.63) is 60.2 Å². The molecule has 4 rings (SSSR count). The fourth-order valence-corrected chi connectivity index (χ4v) is 2.97. The van der Waals surface area contributed by atoms with Crippen LogP contribution in [0.5, 0.6) is 0 Å². The second-order valence-corrected chi connectivity index (χ2v) is 5.18. The first kappa shape index (κ1) is 12.1. The molecule has 0 fully saturated rings. The summed E-state index contributed by atoms with van der Waals surface area (Å²) in [5, 5.41) is 9.00. The Bertz CT molecular complexity index is 703. The molecule has 0 aliphatic heterocycles. The van der Waals surface area contributed by atoms with E-state index in [1.807, 2.05) is 24.3 Å². The number of rotatable bonds is 2. The van der Waals surface area contributed by atoms with Crippen LogP contribution in [-0.4, -0.2) is 20.2 Å². The van der Waals surface area contributed by atoms with Gasteiger partial charge in [-0.2, -0.15) is 0 Å². The molecule has 0 saturated carbocycles. The van der Waals surface area contributed by atoms with Crippen LogP contribution >= 0.6 is 0 Å². The maximum Gasteiger partial charge on any atom is 0.0965 e. The highest BCUT2D eigenvalue weighted by molar-refractivity contribution is 5.71. The molecule has 4 nitrogen and oxygen atoms in total. The first-order valence-electron chi connectivity index (χ1n) is 7.13. The van der Waals surface area contributed by atoms with Crippen LogP contribution in [0, 0.1) is 0 Å². The number of hydrogen-bond donors (Lipinski definition) is 0. The van der Waals surface area contributed by atoms with Crippen molar-refractivity contribution in [1.82, 2.24) is 20.2 Å². The fraction of sp³-hybridized carbons (Fsp3) is 0.176. The molecule has 3 heterocycles. The zero-order chi connectivity index (χ0) is 14.1. The maximum absolute atomic E-state index is 4.50. The van der Waals surface area contributed by atoms with E-state index < -0.39 is 0 Å². The van der Waals surface area contributed by atoms with Gasteiger partial charge in [0.15, 0.2) is 0 Å². The van der Waals surface area contributed by atoms with E-state index >= 15 is 0 Å². The third-order valence-corrected chi connectivity index (χ3v) is 3.95. The van der Waals surface area contributed by atoms with Crippen molar-refractivity contribution in [2.24, 2.45) is 0 Å². The lowest BCUT2D eigenvalue weighted by Gasteiger charge is -2.11. The quantitative estimate of drug-likeness (QED) is 0.720. The van der Waals surface area contributed by atoms with Crippen LogP contribution < -0.4 is 0 Å². The van der Waals surface area contributed by atoms with Crippen molar-refractivity contribution >= 4 is 0 Å². The van der Waals surface area contributed by atoms with Crippen LogP contribution in [0.1, 0.15) is 17.5 Å². The van der Waals surface area contributed by atoms with Gasteiger partial charge in [0.2, 0.25) is 0 Å². The van der Waals surface area contributed by atoms with Crippen LogP contribution in [0.4, 0.5) is 0 Å². The molecule has 0 aromatic carbocycles. The molecular weight excluding hydrogens is 260 g/mol. The highest BCUT2D eigenvalue weighted by atomic mass is 15.1. The standard InChI is InChI=1S/C17H14N4/c1-2-14-15(3-1)17(13-6-10-19-11-7-13)21-20-16(14)12-4-8-18-9-5-12/h4-11H,1-3H2. The summed E-state index contributed by atoms with van der Waals surface area (Å²) in [6.45, 7) is 0. The van der Waals surface area contributed by atoms with Crippen molar-refractivity contribution in [3.63, 3.8) is 0 Å². The Morgan fingerprint density at radius 1 is 0.619 bits per heavy atom. The Hall–Kier alpha value is -2.62. The minimum absolute atomic E-state index is 1.00. The smallest absolute Gasteiger partial charge is 0.0965 e. The van der Waals surface area contributed by atoms with Gasteiger partial charge >= 0.3 is 0 Å². The molecule has 0 unspecified atom stereocenters. The lowest BCUT2D eigenvalue weighted by Crippen LogP contribution is -2.00. The van der Waals surface area contributed by atoms with Gasteiger partial charge in [-0.25, -0.2) is 0 Å². The van der Waals surface area contributed by atoms with Gasteiger partial charge in [0.25, 0.3) is 0 Å². The van der Waals surface area contributed by atoms with Crippen molar-refractivity contribution in [1.29, 1.82) is 0 Å². The van der Waals surface area contributed by atoms with Crippen molar-refractivity contribution in [2.75, 3.05) is 0 Å². The number of nitrogens with zero attached hydrogens (tertiary/aromatic N) is 4. The molecule has 0 atom stereocenters. The Morgan fingerprint density at radius 3 is 1.48 bits per heavy atom. The van der Waals surface area contributed by atoms with Crippen LogP contribution in [-0.2, 0) is 12.8 Å². The van der Waals surface area contributed by atoms with E-state index in [0.29, 0.717) is 0 Å². The van der Waals surface area contributed by atoms with E-state index in [0.717, 1.165) is 35.4 Å². The summed E-state index contributed by atoms with van der Waals surface area (Å²) in [6.07, 6.45) is 10.5. The molecule has 1 aliphatic carbocycles. The topological polar surface area (TPSA) is 51.6 Å². The summed E-state index contributed by atoms with van der Waals surface area (Å²) in [6, 6.07) is 7.98. The first-order chi connectivity index (χ1) is 10.4. The minimum Gasteiger partial charge on any atom is -0.265 e. The van der Waals surface area contributed by atoms with Crippen LogP contribution in [0.25, 0.3) is 22.5 Å². The third-order valence-electron chi connectivity index (χ3n) is 3.95. The number of pyridine rings is 2. The highest BCUT2D eigenvalue weighted by Gasteiger charge is 2.22. The molecule has 0 bridgehead atoms. The molecule has 1 aliphatic rings. The SMILES string of the molecule is c1cc(-c2nnc(-c3ccncc3)c3c2CCC3)ccn1. The lowest BCUT2D eigenvalue weighted by molar-refractivity contribution is 0.912. The lowest BCUT2D eigenvalue weighted by atomic mass is 10.0. The Labute approximate surface area is 122 Å². The first-order valence-corrected chi connectivity index (χ1v) is 7.13. The summed E-state index contributed by atoms with van der Waals surface area (Å²) < 4.78 is 0. The van der Waals surface area contributed by atoms with Gasteiger partial charge in [-0.15, -0.1) is 10.2 Å². The molecule has 102 valence electrons. The average Bonchev–Trinajstić information content (AvgIpc) is 3.05. The summed E-state index contributed by atoms with van der Waals surface area (Å²) in [5.74, 6) is 0. The van der Waals surface area contributed by atoms with E-state index in [9.17, 15) is 0 Å². The maximum atomic E-state index is 4.50. The summed E-state index contributed by atoms with van der Waals surface area (Å²) >= 11 is 0. The van der Waals surface area contributed by atoms with E-state index in [1.54, 1.807) is 24.8 Å². The van der Waals surface area contributed by atoms with E-state index in [1.165, 1.54) is 17.5 Å². The van der Waals surface area contributed by atoms with Gasteiger partial charge < -0.3 is 0 Å². The Balaban J connectivity index is 1.90. The Morgan fingerprint density at radius 2 is 1.05 bits per heavy atom. The van der Waals surface area contributed by atoms with Crippen LogP contribution in [0.3, 0.4) is 0 Å². The average molecular weight is 274 g/mol. The molecule has 0 amide bonds. The second kappa shape index (κ2) is 5.05. The second-order valence-electron chi connectivity index (χ2n) is 5.18. The monoisotopic (exact) mass is 274 g/mol. The summed E-state index contributed by atoms with van der Waals surface area (Å²) in [7, 11) is 0. The normalized spacial score (nSPS) is 13.1. The van der Waals surface area contributed by atoms with Gasteiger partial charge in [-0.3, -0.25) is 9.97 Å². The molecule has 0 N–H and O–H groups in total. The molecule has 3 aromatic heterocycles. The van der Waals surface area contributed by atoms with E-state index in [-0.39, 0.29) is 0 Å². The van der Waals surface area contributed by atoms with Gasteiger partial charge in [0.1, 0.15) is 0 Å². The van der Waals surface area contributed by atoms with Gasteiger partial charge in [0, 0.05) is 35.9 Å². The third kappa shape index (κ3) is 2.09. The van der Waals surface area contributed by atoms with Gasteiger partial charge in [-0.1, -0.05) is 0 Å². The van der Waals surface area contributed by atoms with Crippen LogP contribution in [0.15, 0.2) is 49.1 Å². The predicted octanol–water partition coefficient (Wildman–Crippen LogP) is 3.09. The number of aromatic nitrogens is 4.